The van der Waals surface area contributed by atoms with Crippen LogP contribution in [0, 0.1) is 18.3 Å². The molecule has 0 spiro atoms. The van der Waals surface area contributed by atoms with Crippen molar-refractivity contribution < 1.29 is 23.7 Å². The second kappa shape index (κ2) is 15.5. The Balaban J connectivity index is 1.50. The number of halogens is 1. The molecule has 0 radical (unpaired) electrons. The van der Waals surface area contributed by atoms with Crippen LogP contribution in [0.15, 0.2) is 95.0 Å². The van der Waals surface area contributed by atoms with Gasteiger partial charge in [-0.1, -0.05) is 54.1 Å². The van der Waals surface area contributed by atoms with Gasteiger partial charge in [0.1, 0.15) is 24.9 Å². The lowest BCUT2D eigenvalue weighted by molar-refractivity contribution is -0.112. The molecule has 0 heterocycles. The Bertz CT molecular complexity index is 1610. The number of nitrogens with one attached hydrogen (secondary N) is 1. The molecule has 220 valence electrons. The SMILES string of the molecule is CCOc1cc(COc2c(Br)cc(/C=C(/C#N)C(=O)Nc3ccc(C)cc3)cc2OCC)ccc1OCc1ccccc1. The number of carbonyl (C=O) groups is 1. The normalized spacial score (nSPS) is 10.9. The molecule has 8 heteroatoms. The highest BCUT2D eigenvalue weighted by Gasteiger charge is 2.16. The summed E-state index contributed by atoms with van der Waals surface area (Å²) in [6.07, 6.45) is 1.52. The van der Waals surface area contributed by atoms with E-state index in [9.17, 15) is 10.1 Å². The summed E-state index contributed by atoms with van der Waals surface area (Å²) in [5.41, 5.74) is 4.20. The maximum absolute atomic E-state index is 12.8. The lowest BCUT2D eigenvalue weighted by atomic mass is 10.1. The lowest BCUT2D eigenvalue weighted by Gasteiger charge is -2.16. The van der Waals surface area contributed by atoms with E-state index >= 15 is 0 Å². The van der Waals surface area contributed by atoms with E-state index < -0.39 is 5.91 Å². The molecule has 0 aromatic heterocycles. The largest absolute Gasteiger partial charge is 0.490 e. The zero-order chi connectivity index (χ0) is 30.6. The van der Waals surface area contributed by atoms with Crippen LogP contribution in [-0.2, 0) is 18.0 Å². The number of carbonyl (C=O) groups excluding carboxylic acids is 1. The van der Waals surface area contributed by atoms with Crippen molar-refractivity contribution in [2.45, 2.75) is 34.0 Å². The number of hydrogen-bond donors (Lipinski definition) is 1. The summed E-state index contributed by atoms with van der Waals surface area (Å²) in [6, 6.07) is 28.5. The highest BCUT2D eigenvalue weighted by Crippen LogP contribution is 2.39. The van der Waals surface area contributed by atoms with Crippen LogP contribution in [0.2, 0.25) is 0 Å². The van der Waals surface area contributed by atoms with Crippen LogP contribution in [0.25, 0.3) is 6.08 Å². The van der Waals surface area contributed by atoms with Gasteiger partial charge in [0.05, 0.1) is 17.7 Å². The molecule has 0 saturated carbocycles. The van der Waals surface area contributed by atoms with Crippen LogP contribution in [0.1, 0.15) is 36.1 Å². The highest BCUT2D eigenvalue weighted by molar-refractivity contribution is 9.10. The first-order chi connectivity index (χ1) is 20.9. The van der Waals surface area contributed by atoms with E-state index in [0.29, 0.717) is 58.5 Å². The minimum atomic E-state index is -0.498. The van der Waals surface area contributed by atoms with E-state index in [1.165, 1.54) is 6.08 Å². The van der Waals surface area contributed by atoms with E-state index in [0.717, 1.165) is 16.7 Å². The number of amides is 1. The minimum Gasteiger partial charge on any atom is -0.490 e. The summed E-state index contributed by atoms with van der Waals surface area (Å²) in [5, 5.41) is 12.5. The van der Waals surface area contributed by atoms with Gasteiger partial charge < -0.3 is 24.3 Å². The number of benzene rings is 4. The fraction of sp³-hybridized carbons (Fsp3) is 0.200. The van der Waals surface area contributed by atoms with Crippen LogP contribution < -0.4 is 24.3 Å². The first-order valence-corrected chi connectivity index (χ1v) is 14.7. The van der Waals surface area contributed by atoms with Crippen molar-refractivity contribution in [3.8, 4) is 29.1 Å². The fourth-order valence-electron chi connectivity index (χ4n) is 4.15. The molecule has 43 heavy (non-hydrogen) atoms. The molecule has 0 aliphatic rings. The van der Waals surface area contributed by atoms with Gasteiger partial charge in [0, 0.05) is 5.69 Å². The van der Waals surface area contributed by atoms with Crippen molar-refractivity contribution in [1.29, 1.82) is 5.26 Å². The van der Waals surface area contributed by atoms with Gasteiger partial charge >= 0.3 is 0 Å². The Morgan fingerprint density at radius 3 is 2.21 bits per heavy atom. The third-order valence-corrected chi connectivity index (χ3v) is 6.83. The topological polar surface area (TPSA) is 89.8 Å². The van der Waals surface area contributed by atoms with E-state index in [4.69, 9.17) is 18.9 Å². The summed E-state index contributed by atoms with van der Waals surface area (Å²) in [4.78, 5) is 12.8. The molecule has 0 unspecified atom stereocenters. The summed E-state index contributed by atoms with van der Waals surface area (Å²) >= 11 is 3.58. The van der Waals surface area contributed by atoms with E-state index in [1.807, 2.05) is 87.5 Å². The smallest absolute Gasteiger partial charge is 0.266 e. The van der Waals surface area contributed by atoms with Crippen molar-refractivity contribution in [1.82, 2.24) is 0 Å². The Morgan fingerprint density at radius 2 is 1.51 bits per heavy atom. The molecule has 4 aromatic carbocycles. The van der Waals surface area contributed by atoms with E-state index in [2.05, 4.69) is 21.2 Å². The Morgan fingerprint density at radius 1 is 0.814 bits per heavy atom. The number of rotatable bonds is 13. The van der Waals surface area contributed by atoms with Crippen molar-refractivity contribution in [2.75, 3.05) is 18.5 Å². The molecule has 0 fully saturated rings. The van der Waals surface area contributed by atoms with Gasteiger partial charge in [-0.2, -0.15) is 5.26 Å². The van der Waals surface area contributed by atoms with Crippen molar-refractivity contribution in [2.24, 2.45) is 0 Å². The third-order valence-electron chi connectivity index (χ3n) is 6.25. The molecule has 0 saturated heterocycles. The molecular formula is C35H33BrN2O5. The lowest BCUT2D eigenvalue weighted by Crippen LogP contribution is -2.13. The molecule has 0 aliphatic carbocycles. The number of nitriles is 1. The molecular weight excluding hydrogens is 608 g/mol. The average Bonchev–Trinajstić information content (AvgIpc) is 3.01. The number of ether oxygens (including phenoxy) is 4. The quantitative estimate of drug-likeness (QED) is 0.117. The molecule has 1 amide bonds. The predicted molar refractivity (Wildman–Crippen MR) is 171 cm³/mol. The molecule has 4 aromatic rings. The Labute approximate surface area is 260 Å². The van der Waals surface area contributed by atoms with Crippen LogP contribution >= 0.6 is 15.9 Å². The zero-order valence-corrected chi connectivity index (χ0v) is 25.9. The van der Waals surface area contributed by atoms with Crippen LogP contribution in [-0.4, -0.2) is 19.1 Å². The van der Waals surface area contributed by atoms with Crippen LogP contribution in [0.5, 0.6) is 23.0 Å². The second-order valence-corrected chi connectivity index (χ2v) is 10.4. The predicted octanol–water partition coefficient (Wildman–Crippen LogP) is 8.26. The number of nitrogens with zero attached hydrogens (tertiary/aromatic N) is 1. The van der Waals surface area contributed by atoms with Gasteiger partial charge in [-0.25, -0.2) is 0 Å². The molecule has 7 nitrogen and oxygen atoms in total. The van der Waals surface area contributed by atoms with E-state index in [-0.39, 0.29) is 12.2 Å². The van der Waals surface area contributed by atoms with Crippen molar-refractivity contribution >= 4 is 33.6 Å². The third kappa shape index (κ3) is 8.87. The molecule has 4 rings (SSSR count). The summed E-state index contributed by atoms with van der Waals surface area (Å²) < 4.78 is 24.6. The monoisotopic (exact) mass is 640 g/mol. The summed E-state index contributed by atoms with van der Waals surface area (Å²) in [7, 11) is 0. The van der Waals surface area contributed by atoms with Gasteiger partial charge in [-0.15, -0.1) is 0 Å². The zero-order valence-electron chi connectivity index (χ0n) is 24.4. The van der Waals surface area contributed by atoms with Crippen molar-refractivity contribution in [3.63, 3.8) is 0 Å². The van der Waals surface area contributed by atoms with Gasteiger partial charge in [0.15, 0.2) is 23.0 Å². The number of hydrogen-bond acceptors (Lipinski definition) is 6. The standard InChI is InChI=1S/C35H33BrN2O5/c1-4-40-32-19-26(13-16-31(32)42-22-25-9-7-6-8-10-25)23-43-34-30(36)18-27(20-33(34)41-5-2)17-28(21-37)35(39)38-29-14-11-24(3)12-15-29/h6-20H,4-5,22-23H2,1-3H3,(H,38,39)/b28-17-. The first kappa shape index (κ1) is 31.2. The fourth-order valence-corrected chi connectivity index (χ4v) is 4.72. The maximum Gasteiger partial charge on any atom is 0.266 e. The van der Waals surface area contributed by atoms with E-state index in [1.54, 1.807) is 24.3 Å². The average molecular weight is 642 g/mol. The van der Waals surface area contributed by atoms with Crippen LogP contribution in [0.4, 0.5) is 5.69 Å². The van der Waals surface area contributed by atoms with Gasteiger partial charge in [0.2, 0.25) is 0 Å². The molecule has 0 atom stereocenters. The first-order valence-electron chi connectivity index (χ1n) is 13.9. The number of anilines is 1. The maximum atomic E-state index is 12.8. The minimum absolute atomic E-state index is 0.0402. The Hall–Kier alpha value is -4.74. The van der Waals surface area contributed by atoms with Crippen LogP contribution in [0.3, 0.4) is 0 Å². The molecule has 0 bridgehead atoms. The van der Waals surface area contributed by atoms with Gasteiger partial charge in [-0.3, -0.25) is 4.79 Å². The summed E-state index contributed by atoms with van der Waals surface area (Å²) in [6.45, 7) is 7.34. The summed E-state index contributed by atoms with van der Waals surface area (Å²) in [5.74, 6) is 1.77. The molecule has 0 aliphatic heterocycles. The van der Waals surface area contributed by atoms with Gasteiger partial charge in [0.25, 0.3) is 5.91 Å². The molecule has 1 N–H and O–H groups in total. The highest BCUT2D eigenvalue weighted by atomic mass is 79.9. The second-order valence-electron chi connectivity index (χ2n) is 9.53. The number of aryl methyl sites for hydroxylation is 1. The van der Waals surface area contributed by atoms with Gasteiger partial charge in [-0.05, 0) is 95.9 Å². The van der Waals surface area contributed by atoms with Crippen molar-refractivity contribution in [3.05, 3.63) is 117 Å². The Kier molecular flexibility index (Phi) is 11.2.